The molecule has 0 radical (unpaired) electrons. The van der Waals surface area contributed by atoms with Crippen LogP contribution in [-0.2, 0) is 0 Å². The SMILES string of the molecule is C1=CN2c3cc(-n4c5ccccc5c5cc([Si](c6ccccc6)(c6ccccc6)c6ccccc6)ccc54)ccc3N(c3ccc([Si](c4ccccc4)(c4ccccc4)c4ccccc4)cc3)N2C=C1. The molecule has 13 rings (SSSR count). The smallest absolute Gasteiger partial charge is 0.179 e. The molecule has 0 unspecified atom stereocenters. The van der Waals surface area contributed by atoms with Gasteiger partial charge in [-0.25, -0.2) is 10.0 Å². The number of para-hydroxylation sites is 1. The van der Waals surface area contributed by atoms with Crippen LogP contribution in [0.3, 0.4) is 0 Å². The Morgan fingerprint density at radius 3 is 1.19 bits per heavy atom. The molecule has 0 N–H and O–H groups in total. The number of hydrogen-bond donors (Lipinski definition) is 0. The maximum atomic E-state index is 2.51. The van der Waals surface area contributed by atoms with Crippen LogP contribution in [0.5, 0.6) is 0 Å². The molecule has 2 aliphatic rings. The predicted octanol–water partition coefficient (Wildman–Crippen LogP) is 9.67. The van der Waals surface area contributed by atoms with E-state index in [0.717, 1.165) is 22.7 Å². The first-order valence-corrected chi connectivity index (χ1v) is 28.1. The summed E-state index contributed by atoms with van der Waals surface area (Å²) in [7, 11) is -5.44. The van der Waals surface area contributed by atoms with Crippen LogP contribution in [0, 0.1) is 0 Å². The lowest BCUT2D eigenvalue weighted by Gasteiger charge is -2.36. The Balaban J connectivity index is 0.949. The van der Waals surface area contributed by atoms with E-state index in [4.69, 9.17) is 0 Å². The number of hydrogen-bond acceptors (Lipinski definition) is 3. The van der Waals surface area contributed by atoms with E-state index in [-0.39, 0.29) is 0 Å². The van der Waals surface area contributed by atoms with Crippen LogP contribution < -0.4 is 51.5 Å². The van der Waals surface area contributed by atoms with E-state index in [1.54, 1.807) is 0 Å². The summed E-state index contributed by atoms with van der Waals surface area (Å²) < 4.78 is 2.46. The van der Waals surface area contributed by atoms with E-state index in [0.29, 0.717) is 0 Å². The number of fused-ring (bicyclic) bond motifs is 6. The molecule has 0 spiro atoms. The molecule has 0 amide bonds. The van der Waals surface area contributed by atoms with Crippen LogP contribution >= 0.6 is 0 Å². The largest absolute Gasteiger partial charge is 0.309 e. The summed E-state index contributed by atoms with van der Waals surface area (Å²) in [6, 6.07) is 99.5. The van der Waals surface area contributed by atoms with Gasteiger partial charge in [0.15, 0.2) is 16.1 Å². The van der Waals surface area contributed by atoms with Gasteiger partial charge in [0.1, 0.15) is 0 Å². The second-order valence-electron chi connectivity index (χ2n) is 18.2. The van der Waals surface area contributed by atoms with Gasteiger partial charge in [-0.2, -0.15) is 5.12 Å². The average molecular weight is 929 g/mol. The summed E-state index contributed by atoms with van der Waals surface area (Å²) in [6.07, 6.45) is 8.53. The first kappa shape index (κ1) is 41.5. The fraction of sp³-hybridized carbons (Fsp3) is 0. The predicted molar refractivity (Wildman–Crippen MR) is 299 cm³/mol. The zero-order valence-electron chi connectivity index (χ0n) is 38.5. The number of aromatic nitrogens is 1. The van der Waals surface area contributed by atoms with Crippen molar-refractivity contribution in [1.29, 1.82) is 0 Å². The molecule has 4 nitrogen and oxygen atoms in total. The summed E-state index contributed by atoms with van der Waals surface area (Å²) >= 11 is 0. The van der Waals surface area contributed by atoms with Crippen molar-refractivity contribution >= 4 is 96.5 Å². The number of nitrogens with zero attached hydrogens (tertiary/aromatic N) is 4. The molecule has 0 saturated carbocycles. The molecule has 10 aromatic carbocycles. The van der Waals surface area contributed by atoms with E-state index in [1.165, 1.54) is 63.3 Å². The standard InChI is InChI=1S/C64H48N4Si2/c1-7-23-51(24-8-1)69(52-25-9-2-10-26-52,53-27-11-3-12-28-53)57-40-37-49(38-41-57)68-63-43-39-50(47-64(63)65-45-21-22-46-66(65)68)67-61-36-20-19-35-59(61)60-48-58(42-44-62(60)67)70(54-29-13-4-14-30-54,55-31-15-5-16-32-55)56-33-17-6-18-34-56/h1-48H. The van der Waals surface area contributed by atoms with Gasteiger partial charge in [0.05, 0.1) is 28.1 Å². The van der Waals surface area contributed by atoms with Gasteiger partial charge in [0, 0.05) is 28.9 Å². The highest BCUT2D eigenvalue weighted by molar-refractivity contribution is 7.20. The maximum absolute atomic E-state index is 2.75. The molecule has 0 aliphatic carbocycles. The molecule has 70 heavy (non-hydrogen) atoms. The van der Waals surface area contributed by atoms with E-state index in [9.17, 15) is 0 Å². The Labute approximate surface area is 411 Å². The van der Waals surface area contributed by atoms with Gasteiger partial charge in [-0.15, -0.1) is 0 Å². The van der Waals surface area contributed by atoms with Crippen molar-refractivity contribution in [3.63, 3.8) is 0 Å². The van der Waals surface area contributed by atoms with Crippen molar-refractivity contribution in [2.75, 3.05) is 10.0 Å². The molecule has 0 fully saturated rings. The molecule has 332 valence electrons. The topological polar surface area (TPSA) is 14.7 Å². The van der Waals surface area contributed by atoms with Crippen LogP contribution in [-0.4, -0.2) is 25.8 Å². The number of allylic oxidation sites excluding steroid dienone is 2. The van der Waals surface area contributed by atoms with Gasteiger partial charge < -0.3 is 4.57 Å². The molecular formula is C64H48N4Si2. The van der Waals surface area contributed by atoms with Gasteiger partial charge in [-0.1, -0.05) is 224 Å². The Morgan fingerprint density at radius 2 is 0.671 bits per heavy atom. The Hall–Kier alpha value is -8.69. The Kier molecular flexibility index (Phi) is 10.2. The minimum atomic E-state index is -2.75. The molecule has 0 atom stereocenters. The zero-order valence-corrected chi connectivity index (χ0v) is 40.5. The highest BCUT2D eigenvalue weighted by Crippen LogP contribution is 2.46. The highest BCUT2D eigenvalue weighted by Gasteiger charge is 2.43. The number of benzene rings is 10. The fourth-order valence-electron chi connectivity index (χ4n) is 11.6. The first-order chi connectivity index (χ1) is 34.7. The lowest BCUT2D eigenvalue weighted by Crippen LogP contribution is -2.74. The van der Waals surface area contributed by atoms with Gasteiger partial charge in [-0.05, 0) is 96.1 Å². The van der Waals surface area contributed by atoms with Crippen molar-refractivity contribution in [1.82, 2.24) is 9.69 Å². The lowest BCUT2D eigenvalue weighted by atomic mass is 10.1. The molecule has 3 heterocycles. The maximum Gasteiger partial charge on any atom is 0.179 e. The van der Waals surface area contributed by atoms with E-state index in [2.05, 4.69) is 311 Å². The van der Waals surface area contributed by atoms with Crippen molar-refractivity contribution < 1.29 is 0 Å². The molecule has 0 bridgehead atoms. The zero-order chi connectivity index (χ0) is 46.5. The summed E-state index contributed by atoms with van der Waals surface area (Å²) in [5, 5.41) is 20.2. The van der Waals surface area contributed by atoms with Gasteiger partial charge in [0.25, 0.3) is 0 Å². The van der Waals surface area contributed by atoms with Gasteiger partial charge in [-0.3, -0.25) is 0 Å². The van der Waals surface area contributed by atoms with Gasteiger partial charge >= 0.3 is 0 Å². The minimum Gasteiger partial charge on any atom is -0.309 e. The Bertz CT molecular complexity index is 3520. The van der Waals surface area contributed by atoms with Crippen molar-refractivity contribution in [3.8, 4) is 5.69 Å². The van der Waals surface area contributed by atoms with Crippen LogP contribution in [0.15, 0.2) is 291 Å². The second kappa shape index (κ2) is 17.1. The van der Waals surface area contributed by atoms with Crippen molar-refractivity contribution in [3.05, 3.63) is 291 Å². The Morgan fingerprint density at radius 1 is 0.271 bits per heavy atom. The number of anilines is 3. The summed E-state index contributed by atoms with van der Waals surface area (Å²) in [6.45, 7) is 0. The summed E-state index contributed by atoms with van der Waals surface area (Å²) in [5.41, 5.74) is 6.78. The molecule has 2 aliphatic heterocycles. The summed E-state index contributed by atoms with van der Waals surface area (Å²) in [4.78, 5) is 0. The highest BCUT2D eigenvalue weighted by atomic mass is 28.3. The van der Waals surface area contributed by atoms with Crippen molar-refractivity contribution in [2.24, 2.45) is 0 Å². The number of rotatable bonds is 10. The van der Waals surface area contributed by atoms with Crippen LogP contribution in [0.2, 0.25) is 0 Å². The fourth-order valence-corrected chi connectivity index (χ4v) is 21.1. The van der Waals surface area contributed by atoms with Crippen molar-refractivity contribution in [2.45, 2.75) is 0 Å². The summed E-state index contributed by atoms with van der Waals surface area (Å²) in [5.74, 6) is 0. The molecule has 1 aromatic heterocycles. The van der Waals surface area contributed by atoms with Crippen LogP contribution in [0.25, 0.3) is 27.5 Å². The first-order valence-electron chi connectivity index (χ1n) is 24.1. The third-order valence-electron chi connectivity index (χ3n) is 14.6. The molecule has 11 aromatic rings. The number of hydrazine groups is 2. The molecular weight excluding hydrogens is 881 g/mol. The second-order valence-corrected chi connectivity index (χ2v) is 25.8. The van der Waals surface area contributed by atoms with E-state index in [1.807, 2.05) is 0 Å². The average Bonchev–Trinajstić information content (AvgIpc) is 3.96. The lowest BCUT2D eigenvalue weighted by molar-refractivity contribution is 0.408. The third kappa shape index (κ3) is 6.42. The monoisotopic (exact) mass is 928 g/mol. The van der Waals surface area contributed by atoms with Gasteiger partial charge in [0.2, 0.25) is 0 Å². The quantitative estimate of drug-likeness (QED) is 0.100. The third-order valence-corrected chi connectivity index (χ3v) is 24.1. The van der Waals surface area contributed by atoms with Crippen LogP contribution in [0.1, 0.15) is 0 Å². The minimum absolute atomic E-state index is 1.09. The van der Waals surface area contributed by atoms with E-state index < -0.39 is 16.1 Å². The van der Waals surface area contributed by atoms with E-state index >= 15 is 0 Å². The normalized spacial score (nSPS) is 13.2. The van der Waals surface area contributed by atoms with Crippen LogP contribution in [0.4, 0.5) is 17.1 Å². The molecule has 6 heteroatoms. The molecule has 0 saturated heterocycles.